The van der Waals surface area contributed by atoms with E-state index in [-0.39, 0.29) is 5.97 Å². The van der Waals surface area contributed by atoms with Crippen LogP contribution in [0.5, 0.6) is 0 Å². The van der Waals surface area contributed by atoms with Gasteiger partial charge in [-0.1, -0.05) is 55.5 Å². The van der Waals surface area contributed by atoms with Crippen LogP contribution in [0.3, 0.4) is 0 Å². The molecule has 1 N–H and O–H groups in total. The number of benzene rings is 1. The quantitative estimate of drug-likeness (QED) is 0.292. The van der Waals surface area contributed by atoms with Gasteiger partial charge in [-0.2, -0.15) is 0 Å². The van der Waals surface area contributed by atoms with Crippen molar-refractivity contribution >= 4 is 5.97 Å². The highest BCUT2D eigenvalue weighted by Crippen LogP contribution is 2.28. The Labute approximate surface area is 169 Å². The van der Waals surface area contributed by atoms with Gasteiger partial charge in [-0.3, -0.25) is 0 Å². The molecular weight excluding hydrogens is 348 g/mol. The lowest BCUT2D eigenvalue weighted by Gasteiger charge is -2.22. The molecule has 0 radical (unpaired) electrons. The van der Waals surface area contributed by atoms with E-state index >= 15 is 0 Å². The van der Waals surface area contributed by atoms with Gasteiger partial charge in [0.25, 0.3) is 0 Å². The number of aliphatic hydroxyl groups is 1. The highest BCUT2D eigenvalue weighted by atomic mass is 16.5. The second-order valence-electron chi connectivity index (χ2n) is 7.81. The molecule has 3 heteroatoms. The first-order chi connectivity index (χ1) is 13.3. The summed E-state index contributed by atoms with van der Waals surface area (Å²) in [4.78, 5) is 12.3. The van der Waals surface area contributed by atoms with Crippen LogP contribution in [0.4, 0.5) is 0 Å². The molecule has 0 spiro atoms. The van der Waals surface area contributed by atoms with Crippen LogP contribution in [0.25, 0.3) is 0 Å². The summed E-state index contributed by atoms with van der Waals surface area (Å²) in [6.45, 7) is 10.2. The first-order valence-corrected chi connectivity index (χ1v) is 10.2. The van der Waals surface area contributed by atoms with Crippen molar-refractivity contribution in [3.05, 3.63) is 59.2 Å². The van der Waals surface area contributed by atoms with Gasteiger partial charge in [0.1, 0.15) is 12.2 Å². The fraction of sp³-hybridized carbons (Fsp3) is 0.480. The molecule has 0 bridgehead atoms. The topological polar surface area (TPSA) is 46.5 Å². The molecule has 0 aliphatic heterocycles. The number of rotatable bonds is 7. The average molecular weight is 381 g/mol. The van der Waals surface area contributed by atoms with Gasteiger partial charge in [0.2, 0.25) is 0 Å². The molecule has 2 rings (SSSR count). The summed E-state index contributed by atoms with van der Waals surface area (Å²) in [7, 11) is 0. The molecule has 0 amide bonds. The van der Waals surface area contributed by atoms with Crippen LogP contribution in [0.1, 0.15) is 75.2 Å². The van der Waals surface area contributed by atoms with E-state index < -0.39 is 5.60 Å². The lowest BCUT2D eigenvalue weighted by molar-refractivity contribution is 0.0535. The predicted molar refractivity (Wildman–Crippen MR) is 114 cm³/mol. The second kappa shape index (κ2) is 10.3. The molecule has 28 heavy (non-hydrogen) atoms. The number of carbonyl (C=O) groups is 1. The van der Waals surface area contributed by atoms with Crippen LogP contribution >= 0.6 is 0 Å². The molecule has 0 aromatic heterocycles. The number of esters is 1. The zero-order valence-electron chi connectivity index (χ0n) is 17.4. The Balaban J connectivity index is 1.91. The Hall–Kier alpha value is -2.31. The summed E-state index contributed by atoms with van der Waals surface area (Å²) in [5.41, 5.74) is 2.33. The van der Waals surface area contributed by atoms with E-state index in [1.54, 1.807) is 31.2 Å². The summed E-state index contributed by atoms with van der Waals surface area (Å²) >= 11 is 0. The lowest BCUT2D eigenvalue weighted by atomic mass is 9.86. The SMILES string of the molecule is C=C(C)[C@@H]1CC=C(COC(=O)c2ccc(C(C)(O)C#CCCCC)cc2)CC1. The summed E-state index contributed by atoms with van der Waals surface area (Å²) in [5.74, 6) is 6.14. The third-order valence-corrected chi connectivity index (χ3v) is 5.26. The smallest absolute Gasteiger partial charge is 0.338 e. The molecule has 3 nitrogen and oxygen atoms in total. The predicted octanol–water partition coefficient (Wildman–Crippen LogP) is 5.55. The zero-order valence-corrected chi connectivity index (χ0v) is 17.4. The van der Waals surface area contributed by atoms with Crippen molar-refractivity contribution in [1.29, 1.82) is 0 Å². The Morgan fingerprint density at radius 1 is 1.36 bits per heavy atom. The van der Waals surface area contributed by atoms with Crippen LogP contribution in [-0.2, 0) is 10.3 Å². The third kappa shape index (κ3) is 6.39. The van der Waals surface area contributed by atoms with Crippen LogP contribution in [0, 0.1) is 17.8 Å². The minimum Gasteiger partial charge on any atom is -0.458 e. The fourth-order valence-electron chi connectivity index (χ4n) is 3.21. The largest absolute Gasteiger partial charge is 0.458 e. The second-order valence-corrected chi connectivity index (χ2v) is 7.81. The van der Waals surface area contributed by atoms with Gasteiger partial charge in [0.15, 0.2) is 0 Å². The van der Waals surface area contributed by atoms with Gasteiger partial charge in [-0.25, -0.2) is 4.79 Å². The van der Waals surface area contributed by atoms with E-state index in [1.165, 1.54) is 11.1 Å². The van der Waals surface area contributed by atoms with E-state index in [0.29, 0.717) is 23.7 Å². The van der Waals surface area contributed by atoms with Crippen molar-refractivity contribution in [2.45, 2.75) is 64.9 Å². The van der Waals surface area contributed by atoms with Gasteiger partial charge >= 0.3 is 5.97 Å². The number of ether oxygens (including phenoxy) is 1. The lowest BCUT2D eigenvalue weighted by Crippen LogP contribution is -2.19. The Morgan fingerprint density at radius 3 is 2.64 bits per heavy atom. The summed E-state index contributed by atoms with van der Waals surface area (Å²) in [5, 5.41) is 10.5. The number of hydrogen-bond acceptors (Lipinski definition) is 3. The average Bonchev–Trinajstić information content (AvgIpc) is 2.70. The van der Waals surface area contributed by atoms with Crippen LogP contribution in [0.2, 0.25) is 0 Å². The van der Waals surface area contributed by atoms with Gasteiger partial charge in [0, 0.05) is 6.42 Å². The highest BCUT2D eigenvalue weighted by Gasteiger charge is 2.21. The number of allylic oxidation sites excluding steroid dienone is 2. The van der Waals surface area contributed by atoms with Crippen LogP contribution in [-0.4, -0.2) is 17.7 Å². The number of unbranched alkanes of at least 4 members (excludes halogenated alkanes) is 2. The molecule has 1 aromatic carbocycles. The Kier molecular flexibility index (Phi) is 8.08. The molecule has 1 aliphatic carbocycles. The standard InChI is InChI=1S/C25H32O3/c1-5-6-7-8-17-25(4,27)23-15-13-22(14-16-23)24(26)28-18-20-9-11-21(12-10-20)19(2)3/h9,13-16,21,27H,2,5-7,10-12,18H2,1,3-4H3/t21-,25?/m1/s1. The first kappa shape index (κ1) is 22.0. The van der Waals surface area contributed by atoms with Gasteiger partial charge < -0.3 is 9.84 Å². The van der Waals surface area contributed by atoms with Crippen molar-refractivity contribution in [2.75, 3.05) is 6.61 Å². The van der Waals surface area contributed by atoms with E-state index in [1.807, 2.05) is 0 Å². The maximum Gasteiger partial charge on any atom is 0.338 e. The third-order valence-electron chi connectivity index (χ3n) is 5.26. The normalized spacial score (nSPS) is 18.3. The number of hydrogen-bond donors (Lipinski definition) is 1. The Bertz CT molecular complexity index is 772. The summed E-state index contributed by atoms with van der Waals surface area (Å²) < 4.78 is 5.46. The summed E-state index contributed by atoms with van der Waals surface area (Å²) in [6.07, 6.45) is 8.06. The van der Waals surface area contributed by atoms with E-state index in [4.69, 9.17) is 4.74 Å². The molecule has 0 heterocycles. The van der Waals surface area contributed by atoms with Gasteiger partial charge in [-0.15, -0.1) is 0 Å². The molecule has 150 valence electrons. The van der Waals surface area contributed by atoms with Crippen LogP contribution in [0.15, 0.2) is 48.1 Å². The number of carbonyl (C=O) groups excluding carboxylic acids is 1. The van der Waals surface area contributed by atoms with E-state index in [0.717, 1.165) is 38.5 Å². The molecule has 2 atom stereocenters. The molecule has 1 aliphatic rings. The molecular formula is C25H32O3. The fourth-order valence-corrected chi connectivity index (χ4v) is 3.21. The molecule has 1 unspecified atom stereocenters. The molecule has 0 fully saturated rings. The van der Waals surface area contributed by atoms with Crippen LogP contribution < -0.4 is 0 Å². The molecule has 0 saturated carbocycles. The van der Waals surface area contributed by atoms with Gasteiger partial charge in [-0.05, 0) is 68.7 Å². The molecule has 0 saturated heterocycles. The highest BCUT2D eigenvalue weighted by molar-refractivity contribution is 5.89. The van der Waals surface area contributed by atoms with Crippen molar-refractivity contribution < 1.29 is 14.6 Å². The van der Waals surface area contributed by atoms with Crippen molar-refractivity contribution in [3.63, 3.8) is 0 Å². The Morgan fingerprint density at radius 2 is 2.07 bits per heavy atom. The van der Waals surface area contributed by atoms with Gasteiger partial charge in [0.05, 0.1) is 5.56 Å². The van der Waals surface area contributed by atoms with Crippen molar-refractivity contribution in [3.8, 4) is 11.8 Å². The minimum atomic E-state index is -1.22. The van der Waals surface area contributed by atoms with Crippen molar-refractivity contribution in [2.24, 2.45) is 5.92 Å². The zero-order chi connectivity index (χ0) is 20.6. The monoisotopic (exact) mass is 380 g/mol. The molecule has 1 aromatic rings. The van der Waals surface area contributed by atoms with E-state index in [2.05, 4.69) is 38.3 Å². The first-order valence-electron chi connectivity index (χ1n) is 10.2. The minimum absolute atomic E-state index is 0.337. The maximum absolute atomic E-state index is 12.3. The maximum atomic E-state index is 12.3. The van der Waals surface area contributed by atoms with Crippen molar-refractivity contribution in [1.82, 2.24) is 0 Å². The summed E-state index contributed by atoms with van der Waals surface area (Å²) in [6, 6.07) is 6.85. The van der Waals surface area contributed by atoms with E-state index in [9.17, 15) is 9.90 Å².